The van der Waals surface area contributed by atoms with Crippen molar-refractivity contribution in [2.24, 2.45) is 5.41 Å². The van der Waals surface area contributed by atoms with E-state index >= 15 is 0 Å². The van der Waals surface area contributed by atoms with Crippen molar-refractivity contribution in [2.45, 2.75) is 32.6 Å². The van der Waals surface area contributed by atoms with E-state index in [4.69, 9.17) is 4.74 Å². The molecule has 0 saturated carbocycles. The van der Waals surface area contributed by atoms with Crippen molar-refractivity contribution in [3.63, 3.8) is 0 Å². The SMILES string of the molecule is CN1CCC(C)(COc2ccc3c(c2)CCCN3)CC1. The van der Waals surface area contributed by atoms with Gasteiger partial charge in [0.25, 0.3) is 0 Å². The molecular formula is C17H26N2O. The van der Waals surface area contributed by atoms with E-state index in [0.717, 1.165) is 18.9 Å². The molecule has 1 aromatic rings. The number of ether oxygens (including phenoxy) is 1. The Balaban J connectivity index is 1.61. The molecule has 0 amide bonds. The van der Waals surface area contributed by atoms with E-state index in [0.29, 0.717) is 5.41 Å². The second kappa shape index (κ2) is 5.65. The molecule has 3 nitrogen and oxygen atoms in total. The topological polar surface area (TPSA) is 24.5 Å². The normalized spacial score (nSPS) is 21.9. The molecular weight excluding hydrogens is 248 g/mol. The van der Waals surface area contributed by atoms with Gasteiger partial charge in [0.2, 0.25) is 0 Å². The number of benzene rings is 1. The van der Waals surface area contributed by atoms with Crippen LogP contribution in [0.15, 0.2) is 18.2 Å². The van der Waals surface area contributed by atoms with Gasteiger partial charge in [0.15, 0.2) is 0 Å². The highest BCUT2D eigenvalue weighted by Crippen LogP contribution is 2.32. The van der Waals surface area contributed by atoms with Crippen molar-refractivity contribution < 1.29 is 4.74 Å². The monoisotopic (exact) mass is 274 g/mol. The van der Waals surface area contributed by atoms with Gasteiger partial charge in [-0.15, -0.1) is 0 Å². The molecule has 110 valence electrons. The maximum atomic E-state index is 6.10. The van der Waals surface area contributed by atoms with Crippen molar-refractivity contribution in [3.8, 4) is 5.75 Å². The van der Waals surface area contributed by atoms with E-state index < -0.39 is 0 Å². The summed E-state index contributed by atoms with van der Waals surface area (Å²) in [6.45, 7) is 6.67. The van der Waals surface area contributed by atoms with Gasteiger partial charge in [0.05, 0.1) is 6.61 Å². The van der Waals surface area contributed by atoms with E-state index in [-0.39, 0.29) is 0 Å². The van der Waals surface area contributed by atoms with Crippen LogP contribution in [0.4, 0.5) is 5.69 Å². The summed E-state index contributed by atoms with van der Waals surface area (Å²) in [5.74, 6) is 1.03. The maximum absolute atomic E-state index is 6.10. The Bertz CT molecular complexity index is 464. The summed E-state index contributed by atoms with van der Waals surface area (Å²) in [5.41, 5.74) is 3.03. The Morgan fingerprint density at radius 1 is 1.30 bits per heavy atom. The van der Waals surface area contributed by atoms with E-state index in [9.17, 15) is 0 Å². The van der Waals surface area contributed by atoms with Crippen LogP contribution in [0, 0.1) is 5.41 Å². The molecule has 0 atom stereocenters. The number of piperidine rings is 1. The van der Waals surface area contributed by atoms with E-state index in [1.54, 1.807) is 0 Å². The molecule has 0 radical (unpaired) electrons. The van der Waals surface area contributed by atoms with Gasteiger partial charge < -0.3 is 15.0 Å². The van der Waals surface area contributed by atoms with Crippen LogP contribution < -0.4 is 10.1 Å². The third kappa shape index (κ3) is 3.09. The molecule has 1 N–H and O–H groups in total. The molecule has 0 aliphatic carbocycles. The number of nitrogens with one attached hydrogen (secondary N) is 1. The number of hydrogen-bond acceptors (Lipinski definition) is 3. The van der Waals surface area contributed by atoms with Crippen molar-refractivity contribution in [3.05, 3.63) is 23.8 Å². The van der Waals surface area contributed by atoms with Crippen LogP contribution in [-0.2, 0) is 6.42 Å². The van der Waals surface area contributed by atoms with Gasteiger partial charge in [-0.3, -0.25) is 0 Å². The highest BCUT2D eigenvalue weighted by atomic mass is 16.5. The Labute approximate surface area is 122 Å². The fourth-order valence-electron chi connectivity index (χ4n) is 3.10. The number of rotatable bonds is 3. The van der Waals surface area contributed by atoms with E-state index in [1.165, 1.54) is 50.0 Å². The molecule has 3 rings (SSSR count). The van der Waals surface area contributed by atoms with Gasteiger partial charge in [-0.1, -0.05) is 6.92 Å². The summed E-state index contributed by atoms with van der Waals surface area (Å²) in [6, 6.07) is 6.50. The fourth-order valence-corrected chi connectivity index (χ4v) is 3.10. The first kappa shape index (κ1) is 13.7. The average Bonchev–Trinajstić information content (AvgIpc) is 2.48. The molecule has 0 bridgehead atoms. The summed E-state index contributed by atoms with van der Waals surface area (Å²) in [5, 5.41) is 3.45. The first-order chi connectivity index (χ1) is 9.65. The largest absolute Gasteiger partial charge is 0.493 e. The van der Waals surface area contributed by atoms with Gasteiger partial charge >= 0.3 is 0 Å². The standard InChI is InChI=1S/C17H26N2O/c1-17(7-10-19(2)11-8-17)13-20-15-5-6-16-14(12-15)4-3-9-18-16/h5-6,12,18H,3-4,7-11,13H2,1-2H3. The second-order valence-electron chi connectivity index (χ2n) is 6.75. The first-order valence-electron chi connectivity index (χ1n) is 7.83. The average molecular weight is 274 g/mol. The molecule has 2 aliphatic rings. The molecule has 0 aromatic heterocycles. The first-order valence-corrected chi connectivity index (χ1v) is 7.83. The minimum atomic E-state index is 0.334. The van der Waals surface area contributed by atoms with Gasteiger partial charge in [-0.2, -0.15) is 0 Å². The molecule has 20 heavy (non-hydrogen) atoms. The smallest absolute Gasteiger partial charge is 0.119 e. The number of aryl methyl sites for hydroxylation is 1. The van der Waals surface area contributed by atoms with Crippen LogP contribution in [0.25, 0.3) is 0 Å². The number of fused-ring (bicyclic) bond motifs is 1. The molecule has 2 heterocycles. The Morgan fingerprint density at radius 2 is 2.10 bits per heavy atom. The minimum absolute atomic E-state index is 0.334. The summed E-state index contributed by atoms with van der Waals surface area (Å²) in [6.07, 6.45) is 4.86. The zero-order valence-corrected chi connectivity index (χ0v) is 12.7. The van der Waals surface area contributed by atoms with E-state index in [1.807, 2.05) is 0 Å². The quantitative estimate of drug-likeness (QED) is 0.916. The highest BCUT2D eigenvalue weighted by molar-refractivity contribution is 5.55. The molecule has 2 aliphatic heterocycles. The zero-order chi connectivity index (χ0) is 14.0. The van der Waals surface area contributed by atoms with Crippen LogP contribution in [0.1, 0.15) is 31.7 Å². The van der Waals surface area contributed by atoms with Crippen LogP contribution in [0.3, 0.4) is 0 Å². The second-order valence-corrected chi connectivity index (χ2v) is 6.75. The van der Waals surface area contributed by atoms with Gasteiger partial charge in [0, 0.05) is 17.6 Å². The fraction of sp³-hybridized carbons (Fsp3) is 0.647. The molecule has 3 heteroatoms. The van der Waals surface area contributed by atoms with Crippen molar-refractivity contribution in [1.82, 2.24) is 4.90 Å². The Kier molecular flexibility index (Phi) is 3.88. The number of anilines is 1. The predicted octanol–water partition coefficient (Wildman–Crippen LogP) is 3.16. The summed E-state index contributed by atoms with van der Waals surface area (Å²) in [4.78, 5) is 2.41. The molecule has 0 unspecified atom stereocenters. The van der Waals surface area contributed by atoms with Gasteiger partial charge in [-0.05, 0) is 69.6 Å². The summed E-state index contributed by atoms with van der Waals surface area (Å²) < 4.78 is 6.10. The lowest BCUT2D eigenvalue weighted by atomic mass is 9.81. The summed E-state index contributed by atoms with van der Waals surface area (Å²) in [7, 11) is 2.21. The van der Waals surface area contributed by atoms with Crippen molar-refractivity contribution in [2.75, 3.05) is 38.6 Å². The lowest BCUT2D eigenvalue weighted by molar-refractivity contribution is 0.0803. The van der Waals surface area contributed by atoms with Crippen LogP contribution >= 0.6 is 0 Å². The van der Waals surface area contributed by atoms with Gasteiger partial charge in [-0.25, -0.2) is 0 Å². The third-order valence-electron chi connectivity index (χ3n) is 4.80. The van der Waals surface area contributed by atoms with Crippen LogP contribution in [0.2, 0.25) is 0 Å². The van der Waals surface area contributed by atoms with E-state index in [2.05, 4.69) is 42.4 Å². The minimum Gasteiger partial charge on any atom is -0.493 e. The lowest BCUT2D eigenvalue weighted by Crippen LogP contribution is -2.39. The number of hydrogen-bond donors (Lipinski definition) is 1. The number of nitrogens with zero attached hydrogens (tertiary/aromatic N) is 1. The third-order valence-corrected chi connectivity index (χ3v) is 4.80. The van der Waals surface area contributed by atoms with Crippen LogP contribution in [-0.4, -0.2) is 38.2 Å². The maximum Gasteiger partial charge on any atom is 0.119 e. The molecule has 1 aromatic carbocycles. The Morgan fingerprint density at radius 3 is 2.90 bits per heavy atom. The van der Waals surface area contributed by atoms with Crippen molar-refractivity contribution >= 4 is 5.69 Å². The van der Waals surface area contributed by atoms with Crippen LogP contribution in [0.5, 0.6) is 5.75 Å². The number of likely N-dealkylation sites (tertiary alicyclic amines) is 1. The Hall–Kier alpha value is -1.22. The zero-order valence-electron chi connectivity index (χ0n) is 12.7. The highest BCUT2D eigenvalue weighted by Gasteiger charge is 2.29. The molecule has 1 fully saturated rings. The van der Waals surface area contributed by atoms with Gasteiger partial charge in [0.1, 0.15) is 5.75 Å². The predicted molar refractivity (Wildman–Crippen MR) is 83.6 cm³/mol. The summed E-state index contributed by atoms with van der Waals surface area (Å²) >= 11 is 0. The molecule has 1 saturated heterocycles. The molecule has 0 spiro atoms. The lowest BCUT2D eigenvalue weighted by Gasteiger charge is -2.37. The van der Waals surface area contributed by atoms with Crippen molar-refractivity contribution in [1.29, 1.82) is 0 Å².